The summed E-state index contributed by atoms with van der Waals surface area (Å²) in [5, 5.41) is -0.555. The predicted molar refractivity (Wildman–Crippen MR) is 106 cm³/mol. The summed E-state index contributed by atoms with van der Waals surface area (Å²) in [4.78, 5) is 48.5. The van der Waals surface area contributed by atoms with Crippen LogP contribution in [0.25, 0.3) is 6.08 Å². The fourth-order valence-corrected chi connectivity index (χ4v) is 3.17. The van der Waals surface area contributed by atoms with Crippen molar-refractivity contribution in [2.45, 2.75) is 26.4 Å². The fraction of sp³-hybridized carbons (Fsp3) is 0.368. The molecule has 0 atom stereocenters. The number of methoxy groups -OCH3 is 1. The molecule has 0 spiro atoms. The van der Waals surface area contributed by atoms with E-state index in [1.807, 2.05) is 0 Å². The van der Waals surface area contributed by atoms with Crippen molar-refractivity contribution in [3.8, 4) is 11.5 Å². The number of esters is 1. The number of hydrogen-bond donors (Lipinski definition) is 1. The molecule has 9 nitrogen and oxygen atoms in total. The first-order valence-electron chi connectivity index (χ1n) is 8.56. The maximum Gasteiger partial charge on any atom is 0.326 e. The number of ether oxygens (including phenoxy) is 3. The third-order valence-corrected chi connectivity index (χ3v) is 4.34. The van der Waals surface area contributed by atoms with Crippen LogP contribution < -0.4 is 15.2 Å². The molecule has 2 rings (SSSR count). The molecule has 1 aromatic carbocycles. The average molecular weight is 422 g/mol. The third-order valence-electron chi connectivity index (χ3n) is 3.44. The van der Waals surface area contributed by atoms with E-state index in [4.69, 9.17) is 19.9 Å². The van der Waals surface area contributed by atoms with Gasteiger partial charge in [0.05, 0.1) is 12.0 Å². The highest BCUT2D eigenvalue weighted by Gasteiger charge is 2.37. The quantitative estimate of drug-likeness (QED) is 0.522. The topological polar surface area (TPSA) is 125 Å². The second kappa shape index (κ2) is 8.99. The zero-order chi connectivity index (χ0) is 21.8. The molecule has 0 unspecified atom stereocenters. The number of thioether (sulfide) groups is 1. The molecule has 0 aromatic heterocycles. The van der Waals surface area contributed by atoms with E-state index >= 15 is 0 Å². The van der Waals surface area contributed by atoms with Crippen LogP contribution in [0.4, 0.5) is 4.79 Å². The molecule has 156 valence electrons. The molecule has 1 fully saturated rings. The first-order chi connectivity index (χ1) is 13.5. The Hall–Kier alpha value is -3.01. The number of carbonyl (C=O) groups excluding carboxylic acids is 4. The van der Waals surface area contributed by atoms with E-state index in [1.165, 1.54) is 13.2 Å². The predicted octanol–water partition coefficient (Wildman–Crippen LogP) is 1.94. The maximum absolute atomic E-state index is 12.5. The minimum Gasteiger partial charge on any atom is -0.493 e. The normalized spacial score (nSPS) is 15.6. The molecule has 0 saturated carbocycles. The Bertz CT molecular complexity index is 874. The van der Waals surface area contributed by atoms with Gasteiger partial charge >= 0.3 is 5.97 Å². The van der Waals surface area contributed by atoms with Crippen LogP contribution in [0.5, 0.6) is 11.5 Å². The van der Waals surface area contributed by atoms with Gasteiger partial charge in [0.15, 0.2) is 18.1 Å². The van der Waals surface area contributed by atoms with Crippen LogP contribution >= 0.6 is 11.8 Å². The van der Waals surface area contributed by atoms with Gasteiger partial charge in [0.2, 0.25) is 0 Å². The first-order valence-corrected chi connectivity index (χ1v) is 9.38. The molecule has 1 aromatic rings. The van der Waals surface area contributed by atoms with Gasteiger partial charge in [0.25, 0.3) is 17.1 Å². The lowest BCUT2D eigenvalue weighted by Crippen LogP contribution is -2.37. The Kier molecular flexibility index (Phi) is 6.91. The Morgan fingerprint density at radius 2 is 1.90 bits per heavy atom. The van der Waals surface area contributed by atoms with Crippen molar-refractivity contribution in [3.05, 3.63) is 28.7 Å². The van der Waals surface area contributed by atoms with Gasteiger partial charge in [-0.3, -0.25) is 24.1 Å². The van der Waals surface area contributed by atoms with Crippen LogP contribution in [-0.2, 0) is 19.1 Å². The number of primary amides is 1. The van der Waals surface area contributed by atoms with Crippen molar-refractivity contribution >= 4 is 40.9 Å². The molecule has 0 radical (unpaired) electrons. The van der Waals surface area contributed by atoms with Crippen LogP contribution in [0.2, 0.25) is 0 Å². The van der Waals surface area contributed by atoms with Gasteiger partial charge in [-0.05, 0) is 56.3 Å². The minimum atomic E-state index is -0.719. The van der Waals surface area contributed by atoms with E-state index in [9.17, 15) is 19.2 Å². The van der Waals surface area contributed by atoms with Gasteiger partial charge in [-0.25, -0.2) is 0 Å². The van der Waals surface area contributed by atoms with Crippen molar-refractivity contribution < 1.29 is 33.4 Å². The zero-order valence-electron chi connectivity index (χ0n) is 16.5. The van der Waals surface area contributed by atoms with Crippen molar-refractivity contribution in [2.75, 3.05) is 20.3 Å². The summed E-state index contributed by atoms with van der Waals surface area (Å²) in [6.07, 6.45) is 1.50. The Morgan fingerprint density at radius 1 is 1.21 bits per heavy atom. The summed E-state index contributed by atoms with van der Waals surface area (Å²) in [7, 11) is 1.42. The molecule has 10 heteroatoms. The van der Waals surface area contributed by atoms with Crippen LogP contribution in [0, 0.1) is 0 Å². The highest BCUT2D eigenvalue weighted by molar-refractivity contribution is 8.18. The van der Waals surface area contributed by atoms with Crippen molar-refractivity contribution in [2.24, 2.45) is 5.73 Å². The lowest BCUT2D eigenvalue weighted by atomic mass is 10.2. The Morgan fingerprint density at radius 3 is 2.48 bits per heavy atom. The number of benzene rings is 1. The number of nitrogens with two attached hydrogens (primary N) is 1. The van der Waals surface area contributed by atoms with E-state index in [-0.39, 0.29) is 11.5 Å². The van der Waals surface area contributed by atoms with E-state index < -0.39 is 35.2 Å². The van der Waals surface area contributed by atoms with Crippen LogP contribution in [0.1, 0.15) is 26.3 Å². The molecule has 2 N–H and O–H groups in total. The maximum atomic E-state index is 12.5. The van der Waals surface area contributed by atoms with Crippen LogP contribution in [-0.4, -0.2) is 53.8 Å². The van der Waals surface area contributed by atoms with Gasteiger partial charge in [0.1, 0.15) is 12.1 Å². The highest BCUT2D eigenvalue weighted by atomic mass is 32.2. The number of hydrogen-bond acceptors (Lipinski definition) is 8. The summed E-state index contributed by atoms with van der Waals surface area (Å²) < 4.78 is 15.6. The summed E-state index contributed by atoms with van der Waals surface area (Å²) in [5.74, 6) is -1.25. The first kappa shape index (κ1) is 22.3. The second-order valence-corrected chi connectivity index (χ2v) is 8.01. The highest BCUT2D eigenvalue weighted by Crippen LogP contribution is 2.34. The number of nitrogens with zero attached hydrogens (tertiary/aromatic N) is 1. The summed E-state index contributed by atoms with van der Waals surface area (Å²) in [6, 6.07) is 4.76. The van der Waals surface area contributed by atoms with Crippen molar-refractivity contribution in [3.63, 3.8) is 0 Å². The van der Waals surface area contributed by atoms with E-state index in [0.29, 0.717) is 17.1 Å². The molecule has 1 aliphatic rings. The smallest absolute Gasteiger partial charge is 0.326 e. The molecular formula is C19H22N2O7S. The second-order valence-electron chi connectivity index (χ2n) is 7.02. The SMILES string of the molecule is COc1cc(/C=C2/SC(=O)N(CC(=O)OC(C)(C)C)C2=O)ccc1OCC(N)=O. The molecule has 1 saturated heterocycles. The lowest BCUT2D eigenvalue weighted by molar-refractivity contribution is -0.156. The third kappa shape index (κ3) is 6.24. The molecule has 0 aliphatic carbocycles. The molecule has 1 aliphatic heterocycles. The Labute approximate surface area is 172 Å². The lowest BCUT2D eigenvalue weighted by Gasteiger charge is -2.21. The standard InChI is InChI=1S/C19H22N2O7S/c1-19(2,3)28-16(23)9-21-17(24)14(29-18(21)25)8-11-5-6-12(13(7-11)26-4)27-10-15(20)22/h5-8H,9-10H2,1-4H3,(H2,20,22)/b14-8+. The van der Waals surface area contributed by atoms with E-state index in [0.717, 1.165) is 16.7 Å². The molecule has 1 heterocycles. The molecule has 3 amide bonds. The number of carbonyl (C=O) groups is 4. The van der Waals surface area contributed by atoms with Crippen LogP contribution in [0.3, 0.4) is 0 Å². The average Bonchev–Trinajstić information content (AvgIpc) is 2.86. The van der Waals surface area contributed by atoms with E-state index in [1.54, 1.807) is 39.0 Å². The molecule has 0 bridgehead atoms. The zero-order valence-corrected chi connectivity index (χ0v) is 17.3. The molecule has 29 heavy (non-hydrogen) atoms. The Balaban J connectivity index is 2.16. The van der Waals surface area contributed by atoms with Gasteiger partial charge < -0.3 is 19.9 Å². The van der Waals surface area contributed by atoms with E-state index in [2.05, 4.69) is 0 Å². The van der Waals surface area contributed by atoms with Crippen molar-refractivity contribution in [1.29, 1.82) is 0 Å². The number of amides is 3. The fourth-order valence-electron chi connectivity index (χ4n) is 2.33. The number of imide groups is 1. The van der Waals surface area contributed by atoms with Gasteiger partial charge in [-0.15, -0.1) is 0 Å². The summed E-state index contributed by atoms with van der Waals surface area (Å²) >= 11 is 0.726. The largest absolute Gasteiger partial charge is 0.493 e. The van der Waals surface area contributed by atoms with Gasteiger partial charge in [-0.2, -0.15) is 0 Å². The summed E-state index contributed by atoms with van der Waals surface area (Å²) in [5.41, 5.74) is 4.90. The van der Waals surface area contributed by atoms with Gasteiger partial charge in [-0.1, -0.05) is 6.07 Å². The monoisotopic (exact) mass is 422 g/mol. The van der Waals surface area contributed by atoms with Gasteiger partial charge in [0, 0.05) is 0 Å². The number of rotatable bonds is 7. The van der Waals surface area contributed by atoms with Crippen LogP contribution in [0.15, 0.2) is 23.1 Å². The molecular weight excluding hydrogens is 400 g/mol. The summed E-state index contributed by atoms with van der Waals surface area (Å²) in [6.45, 7) is 4.33. The van der Waals surface area contributed by atoms with Crippen molar-refractivity contribution in [1.82, 2.24) is 4.90 Å². The minimum absolute atomic E-state index is 0.159.